The van der Waals surface area contributed by atoms with E-state index in [4.69, 9.17) is 10.8 Å². The summed E-state index contributed by atoms with van der Waals surface area (Å²) in [7, 11) is 0. The fraction of sp³-hybridized carbons (Fsp3) is 0.400. The molecule has 1 atom stereocenters. The molecule has 0 heterocycles. The number of aliphatic hydroxyl groups is 1. The molecule has 2 nitrogen and oxygen atoms in total. The number of hydrogen-bond acceptors (Lipinski definition) is 3. The van der Waals surface area contributed by atoms with E-state index in [-0.39, 0.29) is 6.61 Å². The van der Waals surface area contributed by atoms with Gasteiger partial charge >= 0.3 is 0 Å². The number of halogens is 1. The predicted molar refractivity (Wildman–Crippen MR) is 70.5 cm³/mol. The maximum absolute atomic E-state index is 8.88. The summed E-state index contributed by atoms with van der Waals surface area (Å²) in [5.41, 5.74) is 6.69. The molecule has 14 heavy (non-hydrogen) atoms. The quantitative estimate of drug-likeness (QED) is 0.509. The molecule has 0 bridgehead atoms. The molecule has 0 aromatic heterocycles. The minimum atomic E-state index is 0.233. The first-order valence-corrected chi connectivity index (χ1v) is 6.48. The van der Waals surface area contributed by atoms with E-state index in [1.54, 1.807) is 11.8 Å². The summed E-state index contributed by atoms with van der Waals surface area (Å²) in [5.74, 6) is 1.22. The van der Waals surface area contributed by atoms with Crippen molar-refractivity contribution >= 4 is 40.0 Å². The van der Waals surface area contributed by atoms with Crippen molar-refractivity contribution in [1.29, 1.82) is 0 Å². The van der Waals surface area contributed by atoms with Crippen LogP contribution in [0.3, 0.4) is 0 Å². The Morgan fingerprint density at radius 3 is 2.86 bits per heavy atom. The van der Waals surface area contributed by atoms with Gasteiger partial charge in [-0.1, -0.05) is 6.92 Å². The first-order chi connectivity index (χ1) is 6.63. The van der Waals surface area contributed by atoms with Gasteiger partial charge in [0.1, 0.15) is 0 Å². The van der Waals surface area contributed by atoms with Crippen LogP contribution < -0.4 is 5.73 Å². The van der Waals surface area contributed by atoms with Crippen molar-refractivity contribution < 1.29 is 5.11 Å². The second kappa shape index (κ2) is 5.82. The molecular weight excluding hydrogens is 309 g/mol. The van der Waals surface area contributed by atoms with Gasteiger partial charge in [0.2, 0.25) is 0 Å². The number of thioether (sulfide) groups is 1. The van der Waals surface area contributed by atoms with Crippen molar-refractivity contribution in [2.24, 2.45) is 5.92 Å². The van der Waals surface area contributed by atoms with Crippen LogP contribution in [0.15, 0.2) is 23.1 Å². The minimum absolute atomic E-state index is 0.233. The largest absolute Gasteiger partial charge is 0.398 e. The fourth-order valence-corrected chi connectivity index (χ4v) is 2.41. The topological polar surface area (TPSA) is 46.2 Å². The molecule has 0 radical (unpaired) electrons. The zero-order valence-corrected chi connectivity index (χ0v) is 11.0. The molecular formula is C10H14INOS. The number of rotatable bonds is 4. The molecule has 1 unspecified atom stereocenters. The highest BCUT2D eigenvalue weighted by Crippen LogP contribution is 2.27. The lowest BCUT2D eigenvalue weighted by Gasteiger charge is -2.09. The summed E-state index contributed by atoms with van der Waals surface area (Å²) in [5, 5.41) is 8.88. The van der Waals surface area contributed by atoms with Crippen molar-refractivity contribution in [3.05, 3.63) is 21.8 Å². The van der Waals surface area contributed by atoms with Crippen LogP contribution >= 0.6 is 34.4 Å². The Hall–Kier alpha value is 0.0600. The number of anilines is 1. The summed E-state index contributed by atoms with van der Waals surface area (Å²) in [6, 6.07) is 6.04. The molecule has 0 saturated heterocycles. The van der Waals surface area contributed by atoms with Crippen LogP contribution in [0.1, 0.15) is 6.92 Å². The van der Waals surface area contributed by atoms with Gasteiger partial charge in [0, 0.05) is 26.5 Å². The first-order valence-electron chi connectivity index (χ1n) is 4.42. The molecule has 0 fully saturated rings. The van der Waals surface area contributed by atoms with Crippen LogP contribution in [0.5, 0.6) is 0 Å². The van der Waals surface area contributed by atoms with Gasteiger partial charge in [-0.15, -0.1) is 11.8 Å². The molecule has 0 aliphatic heterocycles. The molecule has 1 rings (SSSR count). The summed E-state index contributed by atoms with van der Waals surface area (Å²) in [6.45, 7) is 2.26. The minimum Gasteiger partial charge on any atom is -0.398 e. The number of nitrogens with two attached hydrogens (primary N) is 1. The van der Waals surface area contributed by atoms with Gasteiger partial charge in [0.05, 0.1) is 0 Å². The monoisotopic (exact) mass is 323 g/mol. The third-order valence-corrected chi connectivity index (χ3v) is 3.90. The van der Waals surface area contributed by atoms with Gasteiger partial charge in [-0.05, 0) is 46.7 Å². The summed E-state index contributed by atoms with van der Waals surface area (Å²) in [4.78, 5) is 1.10. The Morgan fingerprint density at radius 1 is 1.57 bits per heavy atom. The number of benzene rings is 1. The van der Waals surface area contributed by atoms with E-state index in [1.807, 2.05) is 25.1 Å². The van der Waals surface area contributed by atoms with E-state index in [0.29, 0.717) is 5.92 Å². The highest BCUT2D eigenvalue weighted by atomic mass is 127. The zero-order valence-electron chi connectivity index (χ0n) is 8.03. The summed E-state index contributed by atoms with van der Waals surface area (Å²) >= 11 is 3.94. The predicted octanol–water partition coefficient (Wildman–Crippen LogP) is 2.59. The Bertz CT molecular complexity index is 306. The summed E-state index contributed by atoms with van der Waals surface area (Å²) in [6.07, 6.45) is 0. The SMILES string of the molecule is CC(CO)CSc1ccc(I)cc1N. The highest BCUT2D eigenvalue weighted by molar-refractivity contribution is 14.1. The molecule has 3 N–H and O–H groups in total. The first kappa shape index (κ1) is 12.1. The Labute approximate surface area is 102 Å². The average molecular weight is 323 g/mol. The van der Waals surface area contributed by atoms with Crippen LogP contribution in [0.25, 0.3) is 0 Å². The maximum Gasteiger partial charge on any atom is 0.0464 e. The molecule has 0 aliphatic rings. The van der Waals surface area contributed by atoms with Crippen LogP contribution in [-0.2, 0) is 0 Å². The van der Waals surface area contributed by atoms with Gasteiger partial charge in [-0.25, -0.2) is 0 Å². The fourth-order valence-electron chi connectivity index (χ4n) is 0.936. The van der Waals surface area contributed by atoms with Crippen molar-refractivity contribution in [3.63, 3.8) is 0 Å². The summed E-state index contributed by atoms with van der Waals surface area (Å²) < 4.78 is 1.15. The third-order valence-electron chi connectivity index (χ3n) is 1.81. The van der Waals surface area contributed by atoms with Crippen molar-refractivity contribution in [3.8, 4) is 0 Å². The second-order valence-electron chi connectivity index (χ2n) is 3.28. The van der Waals surface area contributed by atoms with Gasteiger partial charge in [-0.3, -0.25) is 0 Å². The normalized spacial score (nSPS) is 12.8. The van der Waals surface area contributed by atoms with Crippen molar-refractivity contribution in [2.45, 2.75) is 11.8 Å². The van der Waals surface area contributed by atoms with Gasteiger partial charge in [0.15, 0.2) is 0 Å². The molecule has 1 aromatic carbocycles. The van der Waals surface area contributed by atoms with E-state index < -0.39 is 0 Å². The van der Waals surface area contributed by atoms with E-state index in [1.165, 1.54) is 0 Å². The lowest BCUT2D eigenvalue weighted by atomic mass is 10.2. The van der Waals surface area contributed by atoms with E-state index in [0.717, 1.165) is 19.9 Å². The maximum atomic E-state index is 8.88. The Morgan fingerprint density at radius 2 is 2.29 bits per heavy atom. The van der Waals surface area contributed by atoms with E-state index >= 15 is 0 Å². The highest BCUT2D eigenvalue weighted by Gasteiger charge is 2.04. The molecule has 0 saturated carbocycles. The smallest absolute Gasteiger partial charge is 0.0464 e. The van der Waals surface area contributed by atoms with Crippen LogP contribution in [0.4, 0.5) is 5.69 Å². The number of nitrogen functional groups attached to an aromatic ring is 1. The van der Waals surface area contributed by atoms with Gasteiger partial charge in [-0.2, -0.15) is 0 Å². The molecule has 4 heteroatoms. The molecule has 78 valence electrons. The van der Waals surface area contributed by atoms with Crippen LogP contribution in [0.2, 0.25) is 0 Å². The molecule has 0 spiro atoms. The lowest BCUT2D eigenvalue weighted by Crippen LogP contribution is -2.03. The average Bonchev–Trinajstić information content (AvgIpc) is 2.16. The second-order valence-corrected chi connectivity index (χ2v) is 5.59. The van der Waals surface area contributed by atoms with Crippen molar-refractivity contribution in [2.75, 3.05) is 18.1 Å². The Balaban J connectivity index is 2.59. The number of aliphatic hydroxyl groups excluding tert-OH is 1. The molecule has 0 amide bonds. The lowest BCUT2D eigenvalue weighted by molar-refractivity contribution is 0.250. The molecule has 0 aliphatic carbocycles. The number of hydrogen-bond donors (Lipinski definition) is 2. The van der Waals surface area contributed by atoms with E-state index in [9.17, 15) is 0 Å². The van der Waals surface area contributed by atoms with Gasteiger partial charge < -0.3 is 10.8 Å². The van der Waals surface area contributed by atoms with Crippen LogP contribution in [-0.4, -0.2) is 17.5 Å². The van der Waals surface area contributed by atoms with Crippen molar-refractivity contribution in [1.82, 2.24) is 0 Å². The van der Waals surface area contributed by atoms with Gasteiger partial charge in [0.25, 0.3) is 0 Å². The Kier molecular flexibility index (Phi) is 5.05. The zero-order chi connectivity index (χ0) is 10.6. The molecule has 1 aromatic rings. The standard InChI is InChI=1S/C10H14INOS/c1-7(5-13)6-14-10-3-2-8(11)4-9(10)12/h2-4,7,13H,5-6,12H2,1H3. The van der Waals surface area contributed by atoms with Crippen LogP contribution in [0, 0.1) is 9.49 Å². The van der Waals surface area contributed by atoms with E-state index in [2.05, 4.69) is 22.6 Å². The third kappa shape index (κ3) is 3.67.